The Morgan fingerprint density at radius 2 is 1.85 bits per heavy atom. The molecule has 1 atom stereocenters. The van der Waals surface area contributed by atoms with Crippen molar-refractivity contribution in [2.45, 2.75) is 31.8 Å². The third kappa shape index (κ3) is 4.57. The fraction of sp³-hybridized carbons (Fsp3) is 0.600. The van der Waals surface area contributed by atoms with Gasteiger partial charge < -0.3 is 4.74 Å². The van der Waals surface area contributed by atoms with Crippen LogP contribution in [0.4, 0.5) is 0 Å². The fourth-order valence-electron chi connectivity index (χ4n) is 2.94. The Morgan fingerprint density at radius 3 is 2.50 bits per heavy atom. The lowest BCUT2D eigenvalue weighted by Gasteiger charge is -2.25. The molecule has 1 aromatic rings. The summed E-state index contributed by atoms with van der Waals surface area (Å²) in [6, 6.07) is 0.196. The number of sulfonamides is 1. The minimum Gasteiger partial charge on any atom is -0.459 e. The van der Waals surface area contributed by atoms with Crippen LogP contribution in [0.15, 0.2) is 16.9 Å². The average molecular weight is 447 g/mol. The van der Waals surface area contributed by atoms with E-state index in [4.69, 9.17) is 4.74 Å². The molecular formula is C15H19BrN4O5S. The van der Waals surface area contributed by atoms with Crippen LogP contribution in [0, 0.1) is 0 Å². The van der Waals surface area contributed by atoms with Gasteiger partial charge in [-0.1, -0.05) is 0 Å². The summed E-state index contributed by atoms with van der Waals surface area (Å²) in [5, 5.41) is 0. The molecule has 0 radical (unpaired) electrons. The molecule has 0 saturated carbocycles. The van der Waals surface area contributed by atoms with Crippen molar-refractivity contribution >= 4 is 37.8 Å². The highest BCUT2D eigenvalue weighted by Crippen LogP contribution is 2.20. The Balaban J connectivity index is 1.54. The van der Waals surface area contributed by atoms with Crippen LogP contribution in [0.3, 0.4) is 0 Å². The van der Waals surface area contributed by atoms with E-state index in [1.54, 1.807) is 12.4 Å². The first-order chi connectivity index (χ1) is 12.3. The molecule has 2 aliphatic rings. The highest BCUT2D eigenvalue weighted by atomic mass is 79.9. The molecule has 0 aromatic carbocycles. The first kappa shape index (κ1) is 19.2. The van der Waals surface area contributed by atoms with Gasteiger partial charge in [0.2, 0.25) is 21.8 Å². The van der Waals surface area contributed by atoms with Crippen LogP contribution in [-0.2, 0) is 19.6 Å². The molecule has 2 saturated heterocycles. The van der Waals surface area contributed by atoms with Crippen molar-refractivity contribution in [2.75, 3.05) is 25.4 Å². The maximum absolute atomic E-state index is 12.5. The largest absolute Gasteiger partial charge is 0.459 e. The number of carbonyl (C=O) groups excluding carboxylic acids is 2. The van der Waals surface area contributed by atoms with Gasteiger partial charge in [0, 0.05) is 38.3 Å². The summed E-state index contributed by atoms with van der Waals surface area (Å²) in [4.78, 5) is 32.6. The number of amides is 2. The smallest absolute Gasteiger partial charge is 0.316 e. The summed E-state index contributed by atoms with van der Waals surface area (Å²) in [6.45, 7) is 0.424. The molecular weight excluding hydrogens is 428 g/mol. The molecule has 0 aliphatic carbocycles. The summed E-state index contributed by atoms with van der Waals surface area (Å²) in [5.74, 6) is -0.871. The number of likely N-dealkylation sites (tertiary alicyclic amines) is 1. The first-order valence-corrected chi connectivity index (χ1v) is 10.7. The van der Waals surface area contributed by atoms with Gasteiger partial charge in [-0.05, 0) is 28.8 Å². The van der Waals surface area contributed by atoms with E-state index in [2.05, 4.69) is 25.9 Å². The minimum atomic E-state index is -3.58. The van der Waals surface area contributed by atoms with E-state index in [1.165, 1.54) is 4.31 Å². The highest BCUT2D eigenvalue weighted by Gasteiger charge is 2.34. The zero-order valence-corrected chi connectivity index (χ0v) is 16.4. The molecule has 3 rings (SSSR count). The number of aromatic nitrogens is 2. The van der Waals surface area contributed by atoms with Gasteiger partial charge in [-0.25, -0.2) is 18.4 Å². The zero-order valence-electron chi connectivity index (χ0n) is 14.0. The zero-order chi connectivity index (χ0) is 18.7. The van der Waals surface area contributed by atoms with E-state index in [0.29, 0.717) is 32.2 Å². The van der Waals surface area contributed by atoms with Gasteiger partial charge in [-0.15, -0.1) is 0 Å². The lowest BCUT2D eigenvalue weighted by molar-refractivity contribution is -0.147. The first-order valence-electron chi connectivity index (χ1n) is 8.30. The minimum absolute atomic E-state index is 0.0994. The van der Waals surface area contributed by atoms with Gasteiger partial charge in [-0.3, -0.25) is 14.5 Å². The number of halogens is 1. The van der Waals surface area contributed by atoms with E-state index in [-0.39, 0.29) is 42.8 Å². The predicted molar refractivity (Wildman–Crippen MR) is 94.7 cm³/mol. The van der Waals surface area contributed by atoms with Crippen LogP contribution in [0.2, 0.25) is 0 Å². The van der Waals surface area contributed by atoms with Crippen LogP contribution < -0.4 is 4.74 Å². The molecule has 142 valence electrons. The number of carbonyl (C=O) groups is 2. The van der Waals surface area contributed by atoms with Gasteiger partial charge >= 0.3 is 6.01 Å². The normalized spacial score (nSPS) is 22.0. The van der Waals surface area contributed by atoms with Crippen LogP contribution in [0.5, 0.6) is 6.01 Å². The molecule has 11 heteroatoms. The number of nitrogens with zero attached hydrogens (tertiary/aromatic N) is 4. The van der Waals surface area contributed by atoms with Gasteiger partial charge in [0.05, 0.1) is 16.8 Å². The second-order valence-electron chi connectivity index (χ2n) is 6.18. The number of rotatable bonds is 6. The standard InChI is InChI=1S/C15H19BrN4O5S/c16-11-8-17-15(18-9-11)25-12-4-5-19(10-12)26(23,24)7-6-20-13(21)2-1-3-14(20)22/h8-9,12H,1-7,10H2/t12-/m0/s1. The summed E-state index contributed by atoms with van der Waals surface area (Å²) in [6.07, 6.45) is 4.42. The Morgan fingerprint density at radius 1 is 1.19 bits per heavy atom. The van der Waals surface area contributed by atoms with Gasteiger partial charge in [0.1, 0.15) is 6.10 Å². The van der Waals surface area contributed by atoms with E-state index in [1.807, 2.05) is 0 Å². The monoisotopic (exact) mass is 446 g/mol. The molecule has 0 bridgehead atoms. The van der Waals surface area contributed by atoms with Crippen LogP contribution in [0.1, 0.15) is 25.7 Å². The Bertz CT molecular complexity index is 770. The highest BCUT2D eigenvalue weighted by molar-refractivity contribution is 9.10. The Hall–Kier alpha value is -1.59. The van der Waals surface area contributed by atoms with Crippen molar-refractivity contribution < 1.29 is 22.7 Å². The number of piperidine rings is 1. The molecule has 3 heterocycles. The van der Waals surface area contributed by atoms with Crippen molar-refractivity contribution in [3.8, 4) is 6.01 Å². The Kier molecular flexibility index (Phi) is 5.88. The van der Waals surface area contributed by atoms with Gasteiger partial charge in [0.25, 0.3) is 0 Å². The van der Waals surface area contributed by atoms with Crippen molar-refractivity contribution in [3.63, 3.8) is 0 Å². The fourth-order valence-corrected chi connectivity index (χ4v) is 4.60. The molecule has 2 aliphatic heterocycles. The summed E-state index contributed by atoms with van der Waals surface area (Å²) < 4.78 is 32.7. The molecule has 0 N–H and O–H groups in total. The molecule has 2 amide bonds. The quantitative estimate of drug-likeness (QED) is 0.587. The summed E-state index contributed by atoms with van der Waals surface area (Å²) >= 11 is 3.23. The van der Waals surface area contributed by atoms with Crippen molar-refractivity contribution in [1.82, 2.24) is 19.2 Å². The number of ether oxygens (including phenoxy) is 1. The van der Waals surface area contributed by atoms with Crippen molar-refractivity contribution in [3.05, 3.63) is 16.9 Å². The van der Waals surface area contributed by atoms with E-state index >= 15 is 0 Å². The molecule has 1 aromatic heterocycles. The van der Waals surface area contributed by atoms with Crippen LogP contribution in [-0.4, -0.2) is 70.9 Å². The van der Waals surface area contributed by atoms with Gasteiger partial charge in [0.15, 0.2) is 0 Å². The van der Waals surface area contributed by atoms with Crippen LogP contribution in [0.25, 0.3) is 0 Å². The lowest BCUT2D eigenvalue weighted by atomic mass is 10.1. The van der Waals surface area contributed by atoms with Crippen molar-refractivity contribution in [2.24, 2.45) is 0 Å². The molecule has 0 spiro atoms. The lowest BCUT2D eigenvalue weighted by Crippen LogP contribution is -2.44. The van der Waals surface area contributed by atoms with Crippen LogP contribution >= 0.6 is 15.9 Å². The van der Waals surface area contributed by atoms with E-state index in [9.17, 15) is 18.0 Å². The molecule has 2 fully saturated rings. The third-order valence-corrected chi connectivity index (χ3v) is 6.55. The molecule has 0 unspecified atom stereocenters. The average Bonchev–Trinajstić information content (AvgIpc) is 3.06. The number of hydrogen-bond acceptors (Lipinski definition) is 7. The topological polar surface area (TPSA) is 110 Å². The second-order valence-corrected chi connectivity index (χ2v) is 9.18. The molecule has 9 nitrogen and oxygen atoms in total. The van der Waals surface area contributed by atoms with Crippen molar-refractivity contribution in [1.29, 1.82) is 0 Å². The maximum atomic E-state index is 12.5. The molecule has 26 heavy (non-hydrogen) atoms. The number of hydrogen-bond donors (Lipinski definition) is 0. The Labute approximate surface area is 159 Å². The summed E-state index contributed by atoms with van der Waals surface area (Å²) in [7, 11) is -3.58. The predicted octanol–water partition coefficient (Wildman–Crippen LogP) is 0.561. The van der Waals surface area contributed by atoms with E-state index < -0.39 is 10.0 Å². The second kappa shape index (κ2) is 7.97. The maximum Gasteiger partial charge on any atom is 0.316 e. The summed E-state index contributed by atoms with van der Waals surface area (Å²) in [5.41, 5.74) is 0. The van der Waals surface area contributed by atoms with E-state index in [0.717, 1.165) is 9.37 Å². The number of imide groups is 1. The SMILES string of the molecule is O=C1CCCC(=O)N1CCS(=O)(=O)N1CC[C@H](Oc2ncc(Br)cn2)C1. The van der Waals surface area contributed by atoms with Gasteiger partial charge in [-0.2, -0.15) is 4.31 Å². The third-order valence-electron chi connectivity index (χ3n) is 4.33.